The first kappa shape index (κ1) is 16.5. The summed E-state index contributed by atoms with van der Waals surface area (Å²) >= 11 is 0. The van der Waals surface area contributed by atoms with Crippen LogP contribution in [-0.2, 0) is 21.1 Å². The molecule has 0 radical (unpaired) electrons. The summed E-state index contributed by atoms with van der Waals surface area (Å²) in [5.41, 5.74) is 3.64. The molecule has 24 heavy (non-hydrogen) atoms. The molecule has 3 rings (SSSR count). The molecule has 5 heteroatoms. The van der Waals surface area contributed by atoms with E-state index in [9.17, 15) is 18.3 Å². The lowest BCUT2D eigenvalue weighted by Gasteiger charge is -2.09. The van der Waals surface area contributed by atoms with Gasteiger partial charge >= 0.3 is 5.97 Å². The monoisotopic (exact) mass is 342 g/mol. The van der Waals surface area contributed by atoms with Crippen molar-refractivity contribution in [2.45, 2.75) is 24.7 Å². The van der Waals surface area contributed by atoms with Gasteiger partial charge < -0.3 is 5.11 Å². The Balaban J connectivity index is 2.13. The van der Waals surface area contributed by atoms with Crippen LogP contribution in [0.5, 0.6) is 0 Å². The molecule has 0 bridgehead atoms. The van der Waals surface area contributed by atoms with Gasteiger partial charge in [-0.2, -0.15) is 0 Å². The van der Waals surface area contributed by atoms with Crippen LogP contribution in [0.2, 0.25) is 0 Å². The van der Waals surface area contributed by atoms with Crippen LogP contribution >= 0.6 is 0 Å². The highest BCUT2D eigenvalue weighted by atomic mass is 32.2. The maximum absolute atomic E-state index is 12.4. The minimum atomic E-state index is -3.47. The van der Waals surface area contributed by atoms with Crippen molar-refractivity contribution in [3.8, 4) is 11.1 Å². The zero-order chi connectivity index (χ0) is 17.3. The summed E-state index contributed by atoms with van der Waals surface area (Å²) in [5, 5.41) is 9.24. The van der Waals surface area contributed by atoms with Gasteiger partial charge in [-0.3, -0.25) is 0 Å². The first-order chi connectivity index (χ1) is 11.4. The maximum Gasteiger partial charge on any atom is 0.331 e. The molecule has 2 aromatic carbocycles. The van der Waals surface area contributed by atoms with Crippen molar-refractivity contribution in [2.24, 2.45) is 0 Å². The first-order valence-corrected chi connectivity index (χ1v) is 9.46. The van der Waals surface area contributed by atoms with E-state index in [1.54, 1.807) is 18.2 Å². The standard InChI is InChI=1S/C19H18O4S/c1-2-13-3-5-14(6-4-13)15-7-8-18-17(11-15)12-16(19(20)21)9-10-24(18,22)23/h3-8,11-12H,2,9-10H2,1H3,(H,20,21). The number of carbonyl (C=O) groups is 1. The zero-order valence-electron chi connectivity index (χ0n) is 13.3. The second-order valence-corrected chi connectivity index (χ2v) is 7.92. The maximum atomic E-state index is 12.4. The van der Waals surface area contributed by atoms with Crippen molar-refractivity contribution in [1.29, 1.82) is 0 Å². The smallest absolute Gasteiger partial charge is 0.331 e. The SMILES string of the molecule is CCc1ccc(-c2ccc3c(c2)C=C(C(=O)O)CCS3(=O)=O)cc1. The zero-order valence-corrected chi connectivity index (χ0v) is 14.1. The third-order valence-electron chi connectivity index (χ3n) is 4.28. The van der Waals surface area contributed by atoms with Crippen molar-refractivity contribution in [2.75, 3.05) is 5.75 Å². The van der Waals surface area contributed by atoms with E-state index in [-0.39, 0.29) is 22.6 Å². The molecule has 0 fully saturated rings. The third kappa shape index (κ3) is 3.12. The number of carboxylic acid groups (broad SMARTS) is 1. The number of benzene rings is 2. The molecule has 0 saturated heterocycles. The molecule has 0 aliphatic carbocycles. The van der Waals surface area contributed by atoms with Crippen LogP contribution in [0.3, 0.4) is 0 Å². The van der Waals surface area contributed by atoms with Crippen LogP contribution in [-0.4, -0.2) is 25.2 Å². The van der Waals surface area contributed by atoms with E-state index in [1.165, 1.54) is 11.6 Å². The quantitative estimate of drug-likeness (QED) is 0.926. The van der Waals surface area contributed by atoms with Gasteiger partial charge in [0, 0.05) is 5.57 Å². The van der Waals surface area contributed by atoms with Crippen molar-refractivity contribution < 1.29 is 18.3 Å². The fraction of sp³-hybridized carbons (Fsp3) is 0.211. The Labute approximate surface area is 141 Å². The van der Waals surface area contributed by atoms with E-state index in [2.05, 4.69) is 6.92 Å². The van der Waals surface area contributed by atoms with Gasteiger partial charge in [-0.1, -0.05) is 37.3 Å². The summed E-state index contributed by atoms with van der Waals surface area (Å²) in [4.78, 5) is 11.5. The molecule has 0 aromatic heterocycles. The molecule has 1 N–H and O–H groups in total. The molecule has 0 spiro atoms. The van der Waals surface area contributed by atoms with Crippen molar-refractivity contribution >= 4 is 21.9 Å². The van der Waals surface area contributed by atoms with Gasteiger partial charge in [0.25, 0.3) is 0 Å². The van der Waals surface area contributed by atoms with Crippen LogP contribution in [0.25, 0.3) is 17.2 Å². The van der Waals surface area contributed by atoms with Gasteiger partial charge in [0.15, 0.2) is 9.84 Å². The molecule has 0 atom stereocenters. The van der Waals surface area contributed by atoms with Crippen LogP contribution in [0.1, 0.15) is 24.5 Å². The minimum Gasteiger partial charge on any atom is -0.478 e. The molecule has 0 amide bonds. The predicted octanol–water partition coefficient (Wildman–Crippen LogP) is 3.56. The number of aryl methyl sites for hydroxylation is 1. The van der Waals surface area contributed by atoms with Crippen LogP contribution in [0, 0.1) is 0 Å². The lowest BCUT2D eigenvalue weighted by molar-refractivity contribution is -0.132. The third-order valence-corrected chi connectivity index (χ3v) is 6.07. The summed E-state index contributed by atoms with van der Waals surface area (Å²) in [6, 6.07) is 13.2. The van der Waals surface area contributed by atoms with Gasteiger partial charge in [0.05, 0.1) is 10.6 Å². The predicted molar refractivity (Wildman–Crippen MR) is 93.5 cm³/mol. The summed E-state index contributed by atoms with van der Waals surface area (Å²) < 4.78 is 24.7. The number of aliphatic carboxylic acids is 1. The van der Waals surface area contributed by atoms with Gasteiger partial charge in [0.1, 0.15) is 0 Å². The molecule has 2 aromatic rings. The molecule has 4 nitrogen and oxygen atoms in total. The largest absolute Gasteiger partial charge is 0.478 e. The summed E-state index contributed by atoms with van der Waals surface area (Å²) in [7, 11) is -3.47. The second kappa shape index (κ2) is 6.24. The Morgan fingerprint density at radius 1 is 1.08 bits per heavy atom. The van der Waals surface area contributed by atoms with Crippen LogP contribution < -0.4 is 0 Å². The molecule has 1 aliphatic rings. The Bertz CT molecular complexity index is 922. The van der Waals surface area contributed by atoms with Crippen molar-refractivity contribution in [3.05, 3.63) is 59.2 Å². The molecule has 1 heterocycles. The van der Waals surface area contributed by atoms with Crippen molar-refractivity contribution in [3.63, 3.8) is 0 Å². The average molecular weight is 342 g/mol. The van der Waals surface area contributed by atoms with Crippen molar-refractivity contribution in [1.82, 2.24) is 0 Å². The minimum absolute atomic E-state index is 0.0207. The number of hydrogen-bond donors (Lipinski definition) is 1. The van der Waals surface area contributed by atoms with Crippen LogP contribution in [0.15, 0.2) is 52.9 Å². The van der Waals surface area contributed by atoms with Crippen LogP contribution in [0.4, 0.5) is 0 Å². The second-order valence-electron chi connectivity index (χ2n) is 5.85. The summed E-state index contributed by atoms with van der Waals surface area (Å²) in [5.74, 6) is -1.25. The molecular weight excluding hydrogens is 324 g/mol. The van der Waals surface area contributed by atoms with E-state index in [1.807, 2.05) is 24.3 Å². The van der Waals surface area contributed by atoms with E-state index < -0.39 is 15.8 Å². The number of hydrogen-bond acceptors (Lipinski definition) is 3. The highest BCUT2D eigenvalue weighted by Gasteiger charge is 2.24. The fourth-order valence-corrected chi connectivity index (χ4v) is 4.30. The Hall–Kier alpha value is -2.40. The number of fused-ring (bicyclic) bond motifs is 1. The number of carboxylic acids is 1. The normalized spacial score (nSPS) is 16.0. The van der Waals surface area contributed by atoms with E-state index in [4.69, 9.17) is 0 Å². The van der Waals surface area contributed by atoms with Gasteiger partial charge in [-0.15, -0.1) is 0 Å². The fourth-order valence-electron chi connectivity index (χ4n) is 2.84. The van der Waals surface area contributed by atoms with E-state index in [0.717, 1.165) is 17.5 Å². The molecular formula is C19H18O4S. The number of rotatable bonds is 3. The highest BCUT2D eigenvalue weighted by Crippen LogP contribution is 2.30. The Kier molecular flexibility index (Phi) is 4.28. The summed E-state index contributed by atoms with van der Waals surface area (Å²) in [6.07, 6.45) is 2.45. The molecule has 124 valence electrons. The Morgan fingerprint density at radius 2 is 1.75 bits per heavy atom. The lowest BCUT2D eigenvalue weighted by atomic mass is 10.00. The summed E-state index contributed by atoms with van der Waals surface area (Å²) in [6.45, 7) is 2.08. The molecule has 0 saturated carbocycles. The topological polar surface area (TPSA) is 71.4 Å². The Morgan fingerprint density at radius 3 is 2.38 bits per heavy atom. The van der Waals surface area contributed by atoms with Gasteiger partial charge in [-0.25, -0.2) is 13.2 Å². The lowest BCUT2D eigenvalue weighted by Crippen LogP contribution is -2.08. The average Bonchev–Trinajstić information content (AvgIpc) is 2.71. The van der Waals surface area contributed by atoms with E-state index in [0.29, 0.717) is 5.56 Å². The van der Waals surface area contributed by atoms with E-state index >= 15 is 0 Å². The highest BCUT2D eigenvalue weighted by molar-refractivity contribution is 7.91. The molecule has 1 aliphatic heterocycles. The molecule has 0 unspecified atom stereocenters. The van der Waals surface area contributed by atoms with Gasteiger partial charge in [0.2, 0.25) is 0 Å². The van der Waals surface area contributed by atoms with Gasteiger partial charge in [-0.05, 0) is 53.3 Å². The number of sulfone groups is 1. The first-order valence-electron chi connectivity index (χ1n) is 7.80.